The van der Waals surface area contributed by atoms with Gasteiger partial charge in [0.05, 0.1) is 10.6 Å². The molecule has 1 aromatic carbocycles. The molecule has 0 saturated carbocycles. The van der Waals surface area contributed by atoms with Crippen LogP contribution in [0.5, 0.6) is 0 Å². The summed E-state index contributed by atoms with van der Waals surface area (Å²) in [7, 11) is -3.44. The lowest BCUT2D eigenvalue weighted by Gasteiger charge is -2.12. The van der Waals surface area contributed by atoms with E-state index in [1.165, 1.54) is 0 Å². The van der Waals surface area contributed by atoms with E-state index in [2.05, 4.69) is 9.82 Å². The highest BCUT2D eigenvalue weighted by molar-refractivity contribution is 7.89. The van der Waals surface area contributed by atoms with Gasteiger partial charge in [-0.1, -0.05) is 6.92 Å². The standard InChI is InChI=1S/C13H17N3O2S/c1-3-11(2)15-19(17,18)13-7-5-12(6-8-13)16-10-4-9-14-16/h4-11,15H,3H2,1-2H3. The molecule has 0 amide bonds. The van der Waals surface area contributed by atoms with E-state index in [-0.39, 0.29) is 10.9 Å². The Morgan fingerprint density at radius 1 is 1.32 bits per heavy atom. The molecule has 0 aliphatic rings. The van der Waals surface area contributed by atoms with Crippen molar-refractivity contribution in [3.63, 3.8) is 0 Å². The number of nitrogens with one attached hydrogen (secondary N) is 1. The quantitative estimate of drug-likeness (QED) is 0.910. The molecule has 2 aromatic rings. The highest BCUT2D eigenvalue weighted by Crippen LogP contribution is 2.13. The van der Waals surface area contributed by atoms with Crippen LogP contribution in [0, 0.1) is 0 Å². The molecule has 6 heteroatoms. The first kappa shape index (κ1) is 13.8. The SMILES string of the molecule is CCC(C)NS(=O)(=O)c1ccc(-n2cccn2)cc1. The van der Waals surface area contributed by atoms with E-state index in [4.69, 9.17) is 0 Å². The Kier molecular flexibility index (Phi) is 4.01. The minimum Gasteiger partial charge on any atom is -0.241 e. The zero-order valence-electron chi connectivity index (χ0n) is 10.9. The Hall–Kier alpha value is -1.66. The lowest BCUT2D eigenvalue weighted by molar-refractivity contribution is 0.556. The zero-order chi connectivity index (χ0) is 13.9. The number of benzene rings is 1. The van der Waals surface area contributed by atoms with Crippen molar-refractivity contribution in [3.05, 3.63) is 42.7 Å². The fraction of sp³-hybridized carbons (Fsp3) is 0.308. The van der Waals surface area contributed by atoms with Crippen molar-refractivity contribution < 1.29 is 8.42 Å². The second kappa shape index (κ2) is 5.54. The van der Waals surface area contributed by atoms with Crippen molar-refractivity contribution in [1.82, 2.24) is 14.5 Å². The predicted molar refractivity (Wildman–Crippen MR) is 73.6 cm³/mol. The summed E-state index contributed by atoms with van der Waals surface area (Å²) < 4.78 is 28.4. The van der Waals surface area contributed by atoms with E-state index in [1.54, 1.807) is 41.3 Å². The van der Waals surface area contributed by atoms with Crippen LogP contribution in [0.25, 0.3) is 5.69 Å². The van der Waals surface area contributed by atoms with Gasteiger partial charge >= 0.3 is 0 Å². The number of aromatic nitrogens is 2. The molecule has 0 spiro atoms. The number of hydrogen-bond acceptors (Lipinski definition) is 3. The summed E-state index contributed by atoms with van der Waals surface area (Å²) in [6.45, 7) is 3.78. The summed E-state index contributed by atoms with van der Waals surface area (Å²) >= 11 is 0. The summed E-state index contributed by atoms with van der Waals surface area (Å²) in [5, 5.41) is 4.09. The first-order valence-corrected chi connectivity index (χ1v) is 7.63. The van der Waals surface area contributed by atoms with Gasteiger partial charge in [-0.05, 0) is 43.7 Å². The molecular formula is C13H17N3O2S. The molecule has 102 valence electrons. The number of rotatable bonds is 5. The Labute approximate surface area is 113 Å². The maximum atomic E-state index is 12.1. The summed E-state index contributed by atoms with van der Waals surface area (Å²) in [4.78, 5) is 0.267. The van der Waals surface area contributed by atoms with Gasteiger partial charge < -0.3 is 0 Å². The number of hydrogen-bond donors (Lipinski definition) is 1. The van der Waals surface area contributed by atoms with E-state index >= 15 is 0 Å². The van der Waals surface area contributed by atoms with Gasteiger partial charge in [0.15, 0.2) is 0 Å². The van der Waals surface area contributed by atoms with Crippen LogP contribution in [0.4, 0.5) is 0 Å². The van der Waals surface area contributed by atoms with Gasteiger partial charge in [0.2, 0.25) is 10.0 Å². The van der Waals surface area contributed by atoms with E-state index < -0.39 is 10.0 Å². The molecule has 0 saturated heterocycles. The average molecular weight is 279 g/mol. The van der Waals surface area contributed by atoms with Crippen molar-refractivity contribution in [2.75, 3.05) is 0 Å². The maximum absolute atomic E-state index is 12.1. The van der Waals surface area contributed by atoms with Gasteiger partial charge in [-0.3, -0.25) is 0 Å². The van der Waals surface area contributed by atoms with Crippen LogP contribution in [0.3, 0.4) is 0 Å². The smallest absolute Gasteiger partial charge is 0.240 e. The van der Waals surface area contributed by atoms with Crippen molar-refractivity contribution >= 4 is 10.0 Å². The first-order chi connectivity index (χ1) is 9.03. The zero-order valence-corrected chi connectivity index (χ0v) is 11.8. The van der Waals surface area contributed by atoms with Crippen LogP contribution in [-0.4, -0.2) is 24.2 Å². The van der Waals surface area contributed by atoms with Crippen LogP contribution < -0.4 is 4.72 Å². The third kappa shape index (κ3) is 3.21. The molecule has 0 aliphatic carbocycles. The molecule has 0 radical (unpaired) electrons. The Balaban J connectivity index is 2.23. The molecule has 1 atom stereocenters. The Bertz CT molecular complexity index is 618. The van der Waals surface area contributed by atoms with Gasteiger partial charge in [0, 0.05) is 18.4 Å². The van der Waals surface area contributed by atoms with Crippen LogP contribution in [0.1, 0.15) is 20.3 Å². The third-order valence-corrected chi connectivity index (χ3v) is 4.49. The summed E-state index contributed by atoms with van der Waals surface area (Å²) in [6.07, 6.45) is 4.24. The second-order valence-corrected chi connectivity index (χ2v) is 6.09. The fourth-order valence-corrected chi connectivity index (χ4v) is 2.94. The highest BCUT2D eigenvalue weighted by Gasteiger charge is 2.16. The molecule has 0 aliphatic heterocycles. The molecule has 5 nitrogen and oxygen atoms in total. The normalized spacial score (nSPS) is 13.4. The van der Waals surface area contributed by atoms with Gasteiger partial charge in [0.25, 0.3) is 0 Å². The van der Waals surface area contributed by atoms with Crippen LogP contribution >= 0.6 is 0 Å². The van der Waals surface area contributed by atoms with Crippen LogP contribution in [0.2, 0.25) is 0 Å². The molecule has 1 N–H and O–H groups in total. The first-order valence-electron chi connectivity index (χ1n) is 6.15. The highest BCUT2D eigenvalue weighted by atomic mass is 32.2. The summed E-state index contributed by atoms with van der Waals surface area (Å²) in [5.41, 5.74) is 0.826. The van der Waals surface area contributed by atoms with E-state index in [0.717, 1.165) is 12.1 Å². The second-order valence-electron chi connectivity index (χ2n) is 4.38. The topological polar surface area (TPSA) is 64.0 Å². The minimum absolute atomic E-state index is 0.0733. The predicted octanol–water partition coefficient (Wildman–Crippen LogP) is 1.95. The Morgan fingerprint density at radius 3 is 2.53 bits per heavy atom. The largest absolute Gasteiger partial charge is 0.241 e. The van der Waals surface area contributed by atoms with Crippen molar-refractivity contribution in [3.8, 4) is 5.69 Å². The van der Waals surface area contributed by atoms with Gasteiger partial charge in [-0.2, -0.15) is 5.10 Å². The van der Waals surface area contributed by atoms with E-state index in [9.17, 15) is 8.42 Å². The average Bonchev–Trinajstić information content (AvgIpc) is 2.92. The van der Waals surface area contributed by atoms with Gasteiger partial charge in [-0.15, -0.1) is 0 Å². The van der Waals surface area contributed by atoms with Crippen molar-refractivity contribution in [1.29, 1.82) is 0 Å². The molecule has 19 heavy (non-hydrogen) atoms. The molecule has 1 heterocycles. The summed E-state index contributed by atoms with van der Waals surface area (Å²) in [6, 6.07) is 8.38. The molecular weight excluding hydrogens is 262 g/mol. The minimum atomic E-state index is -3.44. The van der Waals surface area contributed by atoms with Gasteiger partial charge in [0.1, 0.15) is 0 Å². The molecule has 1 aromatic heterocycles. The van der Waals surface area contributed by atoms with Crippen molar-refractivity contribution in [2.24, 2.45) is 0 Å². The van der Waals surface area contributed by atoms with E-state index in [1.807, 2.05) is 19.9 Å². The molecule has 1 unspecified atom stereocenters. The lowest BCUT2D eigenvalue weighted by atomic mass is 10.3. The lowest BCUT2D eigenvalue weighted by Crippen LogP contribution is -2.31. The number of sulfonamides is 1. The monoisotopic (exact) mass is 279 g/mol. The van der Waals surface area contributed by atoms with E-state index in [0.29, 0.717) is 0 Å². The number of nitrogens with zero attached hydrogens (tertiary/aromatic N) is 2. The van der Waals surface area contributed by atoms with Crippen LogP contribution in [-0.2, 0) is 10.0 Å². The van der Waals surface area contributed by atoms with Gasteiger partial charge in [-0.25, -0.2) is 17.8 Å². The van der Waals surface area contributed by atoms with Crippen molar-refractivity contribution in [2.45, 2.75) is 31.2 Å². The summed E-state index contributed by atoms with van der Waals surface area (Å²) in [5.74, 6) is 0. The third-order valence-electron chi connectivity index (χ3n) is 2.88. The Morgan fingerprint density at radius 2 is 2.00 bits per heavy atom. The maximum Gasteiger partial charge on any atom is 0.240 e. The fourth-order valence-electron chi connectivity index (χ4n) is 1.62. The molecule has 2 rings (SSSR count). The van der Waals surface area contributed by atoms with Crippen LogP contribution in [0.15, 0.2) is 47.6 Å². The molecule has 0 fully saturated rings. The molecule has 0 bridgehead atoms.